The molecule has 4 aromatic rings. The van der Waals surface area contributed by atoms with Gasteiger partial charge in [0.2, 0.25) is 0 Å². The standard InChI is InChI=1S/C21H21NO3/c1-21(12-23,13-24)22-11-14-10-19-20(16-7-3-2-6-15(14)16)17-8-4-5-9-18(17)25-19/h2-10,22-24H,11-13H2,1H3. The molecule has 0 aliphatic heterocycles. The van der Waals surface area contributed by atoms with Gasteiger partial charge in [-0.2, -0.15) is 0 Å². The molecule has 25 heavy (non-hydrogen) atoms. The normalized spacial score (nSPS) is 12.4. The monoisotopic (exact) mass is 335 g/mol. The summed E-state index contributed by atoms with van der Waals surface area (Å²) in [5, 5.41) is 26.8. The molecule has 0 aliphatic rings. The molecule has 0 spiro atoms. The Balaban J connectivity index is 1.91. The van der Waals surface area contributed by atoms with Crippen LogP contribution in [-0.4, -0.2) is 29.0 Å². The highest BCUT2D eigenvalue weighted by atomic mass is 16.3. The molecular formula is C21H21NO3. The quantitative estimate of drug-likeness (QED) is 0.522. The zero-order chi connectivity index (χ0) is 17.4. The van der Waals surface area contributed by atoms with Crippen molar-refractivity contribution in [3.8, 4) is 0 Å². The van der Waals surface area contributed by atoms with E-state index in [0.717, 1.165) is 38.3 Å². The largest absolute Gasteiger partial charge is 0.456 e. The van der Waals surface area contributed by atoms with Gasteiger partial charge in [-0.05, 0) is 35.4 Å². The molecule has 0 saturated heterocycles. The number of aliphatic hydroxyl groups is 2. The second-order valence-electron chi connectivity index (χ2n) is 6.78. The summed E-state index contributed by atoms with van der Waals surface area (Å²) in [4.78, 5) is 0. The fourth-order valence-electron chi connectivity index (χ4n) is 3.28. The second kappa shape index (κ2) is 6.15. The van der Waals surface area contributed by atoms with Gasteiger partial charge in [0.15, 0.2) is 0 Å². The van der Waals surface area contributed by atoms with Crippen LogP contribution < -0.4 is 5.32 Å². The maximum absolute atomic E-state index is 9.50. The smallest absolute Gasteiger partial charge is 0.136 e. The molecule has 0 fully saturated rings. The highest BCUT2D eigenvalue weighted by molar-refractivity contribution is 6.19. The molecule has 0 aliphatic carbocycles. The number of fused-ring (bicyclic) bond motifs is 5. The van der Waals surface area contributed by atoms with Crippen LogP contribution in [0.15, 0.2) is 59.0 Å². The van der Waals surface area contributed by atoms with Gasteiger partial charge in [-0.1, -0.05) is 42.5 Å². The third-order valence-corrected chi connectivity index (χ3v) is 4.87. The van der Waals surface area contributed by atoms with E-state index in [1.807, 2.05) is 30.3 Å². The predicted octanol–water partition coefficient (Wildman–Crippen LogP) is 3.57. The minimum Gasteiger partial charge on any atom is -0.456 e. The Bertz CT molecular complexity index is 1050. The summed E-state index contributed by atoms with van der Waals surface area (Å²) in [6, 6.07) is 18.4. The third kappa shape index (κ3) is 2.68. The van der Waals surface area contributed by atoms with Gasteiger partial charge in [0, 0.05) is 17.3 Å². The molecule has 0 unspecified atom stereocenters. The van der Waals surface area contributed by atoms with Gasteiger partial charge in [-0.15, -0.1) is 0 Å². The Hall–Kier alpha value is -2.40. The van der Waals surface area contributed by atoms with Gasteiger partial charge in [0.25, 0.3) is 0 Å². The SMILES string of the molecule is CC(CO)(CO)NCc1cc2oc3ccccc3c2c2ccccc12. The van der Waals surface area contributed by atoms with Crippen LogP contribution in [0.2, 0.25) is 0 Å². The molecule has 4 nitrogen and oxygen atoms in total. The number of benzene rings is 3. The predicted molar refractivity (Wildman–Crippen MR) is 101 cm³/mol. The third-order valence-electron chi connectivity index (χ3n) is 4.87. The van der Waals surface area contributed by atoms with Crippen molar-refractivity contribution in [3.63, 3.8) is 0 Å². The van der Waals surface area contributed by atoms with E-state index in [1.54, 1.807) is 6.92 Å². The number of aliphatic hydroxyl groups excluding tert-OH is 2. The lowest BCUT2D eigenvalue weighted by molar-refractivity contribution is 0.103. The number of para-hydroxylation sites is 1. The van der Waals surface area contributed by atoms with E-state index in [0.29, 0.717) is 6.54 Å². The average molecular weight is 335 g/mol. The first kappa shape index (κ1) is 16.1. The minimum absolute atomic E-state index is 0.131. The first-order valence-electron chi connectivity index (χ1n) is 8.44. The van der Waals surface area contributed by atoms with Gasteiger partial charge < -0.3 is 19.9 Å². The molecule has 128 valence electrons. The van der Waals surface area contributed by atoms with Gasteiger partial charge in [0.1, 0.15) is 11.2 Å². The zero-order valence-electron chi connectivity index (χ0n) is 14.1. The summed E-state index contributed by atoms with van der Waals surface area (Å²) in [6.45, 7) is 2.07. The van der Waals surface area contributed by atoms with Crippen LogP contribution in [0.5, 0.6) is 0 Å². The molecule has 4 heteroatoms. The van der Waals surface area contributed by atoms with Crippen LogP contribution >= 0.6 is 0 Å². The van der Waals surface area contributed by atoms with Crippen molar-refractivity contribution < 1.29 is 14.6 Å². The molecular weight excluding hydrogens is 314 g/mol. The molecule has 0 saturated carbocycles. The summed E-state index contributed by atoms with van der Waals surface area (Å²) in [5.74, 6) is 0. The lowest BCUT2D eigenvalue weighted by Crippen LogP contribution is -2.48. The van der Waals surface area contributed by atoms with Gasteiger partial charge in [0.05, 0.1) is 18.8 Å². The summed E-state index contributed by atoms with van der Waals surface area (Å²) >= 11 is 0. The van der Waals surface area contributed by atoms with Gasteiger partial charge in [-0.25, -0.2) is 0 Å². The topological polar surface area (TPSA) is 65.6 Å². The first-order valence-corrected chi connectivity index (χ1v) is 8.44. The number of rotatable bonds is 5. The summed E-state index contributed by atoms with van der Waals surface area (Å²) in [6.07, 6.45) is 0. The van der Waals surface area contributed by atoms with Crippen molar-refractivity contribution in [2.45, 2.75) is 19.0 Å². The van der Waals surface area contributed by atoms with E-state index in [4.69, 9.17) is 4.42 Å². The van der Waals surface area contributed by atoms with E-state index in [-0.39, 0.29) is 13.2 Å². The van der Waals surface area contributed by atoms with Crippen molar-refractivity contribution in [2.24, 2.45) is 0 Å². The minimum atomic E-state index is -0.718. The van der Waals surface area contributed by atoms with Crippen molar-refractivity contribution in [1.82, 2.24) is 5.32 Å². The molecule has 4 rings (SSSR count). The van der Waals surface area contributed by atoms with E-state index < -0.39 is 5.54 Å². The lowest BCUT2D eigenvalue weighted by atomic mass is 9.98. The Morgan fingerprint density at radius 2 is 1.52 bits per heavy atom. The Morgan fingerprint density at radius 3 is 2.24 bits per heavy atom. The van der Waals surface area contributed by atoms with Crippen molar-refractivity contribution in [2.75, 3.05) is 13.2 Å². The highest BCUT2D eigenvalue weighted by Crippen LogP contribution is 2.36. The maximum Gasteiger partial charge on any atom is 0.136 e. The fourth-order valence-corrected chi connectivity index (χ4v) is 3.28. The molecule has 1 heterocycles. The zero-order valence-corrected chi connectivity index (χ0v) is 14.1. The van der Waals surface area contributed by atoms with Crippen molar-refractivity contribution in [1.29, 1.82) is 0 Å². The highest BCUT2D eigenvalue weighted by Gasteiger charge is 2.22. The summed E-state index contributed by atoms with van der Waals surface area (Å²) < 4.78 is 6.06. The molecule has 1 aromatic heterocycles. The van der Waals surface area contributed by atoms with Gasteiger partial charge >= 0.3 is 0 Å². The summed E-state index contributed by atoms with van der Waals surface area (Å²) in [5.41, 5.74) is 2.09. The number of nitrogens with one attached hydrogen (secondary N) is 1. The molecule has 3 aromatic carbocycles. The fraction of sp³-hybridized carbons (Fsp3) is 0.238. The molecule has 0 bridgehead atoms. The Labute approximate surface area is 145 Å². The molecule has 0 amide bonds. The maximum atomic E-state index is 9.50. The van der Waals surface area contributed by atoms with E-state index in [1.165, 1.54) is 0 Å². The Kier molecular flexibility index (Phi) is 3.96. The van der Waals surface area contributed by atoms with Crippen LogP contribution in [-0.2, 0) is 6.54 Å². The van der Waals surface area contributed by atoms with E-state index >= 15 is 0 Å². The number of hydrogen-bond donors (Lipinski definition) is 3. The Morgan fingerprint density at radius 1 is 0.880 bits per heavy atom. The number of furan rings is 1. The van der Waals surface area contributed by atoms with E-state index in [2.05, 4.69) is 29.6 Å². The van der Waals surface area contributed by atoms with E-state index in [9.17, 15) is 10.2 Å². The number of hydrogen-bond acceptors (Lipinski definition) is 4. The average Bonchev–Trinajstić information content (AvgIpc) is 3.04. The van der Waals surface area contributed by atoms with Crippen LogP contribution in [0.25, 0.3) is 32.7 Å². The molecule has 0 atom stereocenters. The van der Waals surface area contributed by atoms with Crippen molar-refractivity contribution >= 4 is 32.7 Å². The van der Waals surface area contributed by atoms with Crippen LogP contribution in [0.4, 0.5) is 0 Å². The van der Waals surface area contributed by atoms with Gasteiger partial charge in [-0.3, -0.25) is 0 Å². The van der Waals surface area contributed by atoms with Crippen LogP contribution in [0.3, 0.4) is 0 Å². The second-order valence-corrected chi connectivity index (χ2v) is 6.78. The van der Waals surface area contributed by atoms with Crippen molar-refractivity contribution in [3.05, 3.63) is 60.2 Å². The summed E-state index contributed by atoms with van der Waals surface area (Å²) in [7, 11) is 0. The molecule has 3 N–H and O–H groups in total. The first-order chi connectivity index (χ1) is 12.1. The lowest BCUT2D eigenvalue weighted by Gasteiger charge is -2.26. The van der Waals surface area contributed by atoms with Crippen LogP contribution in [0, 0.1) is 0 Å². The van der Waals surface area contributed by atoms with Crippen LogP contribution in [0.1, 0.15) is 12.5 Å². The molecule has 0 radical (unpaired) electrons.